The summed E-state index contributed by atoms with van der Waals surface area (Å²) in [4.78, 5) is 0. The Morgan fingerprint density at radius 2 is 1.50 bits per heavy atom. The van der Waals surface area contributed by atoms with Crippen molar-refractivity contribution in [3.05, 3.63) is 96.6 Å². The summed E-state index contributed by atoms with van der Waals surface area (Å²) in [5.74, 6) is 2.47. The Morgan fingerprint density at radius 3 is 2.15 bits per heavy atom. The zero-order chi connectivity index (χ0) is 33.9. The topological polar surface area (TPSA) is 76.7 Å². The van der Waals surface area contributed by atoms with Crippen LogP contribution < -0.4 is 19.6 Å². The van der Waals surface area contributed by atoms with Gasteiger partial charge in [-0.3, -0.25) is 0 Å². The minimum atomic E-state index is -5.66. The van der Waals surface area contributed by atoms with Gasteiger partial charge in [-0.2, -0.15) is 33.4 Å². The number of methoxy groups -OCH3 is 1. The summed E-state index contributed by atoms with van der Waals surface area (Å²) < 4.78 is 68.4. The van der Waals surface area contributed by atoms with Crippen LogP contribution in [0.3, 0.4) is 0 Å². The lowest BCUT2D eigenvalue weighted by molar-refractivity contribution is -0.0500. The summed E-state index contributed by atoms with van der Waals surface area (Å²) in [5, 5.41) is 6.81. The number of rotatable bonds is 8. The fraction of sp³-hybridized carbons (Fsp3) is 0.314. The highest BCUT2D eigenvalue weighted by molar-refractivity contribution is 7.99. The summed E-state index contributed by atoms with van der Waals surface area (Å²) in [6.45, 7) is 13.9. The lowest BCUT2D eigenvalue weighted by atomic mass is 9.89. The molecule has 0 radical (unpaired) electrons. The molecule has 6 nitrogen and oxygen atoms in total. The van der Waals surface area contributed by atoms with E-state index in [-0.39, 0.29) is 16.8 Å². The van der Waals surface area contributed by atoms with Crippen molar-refractivity contribution in [1.82, 2.24) is 0 Å². The van der Waals surface area contributed by atoms with Crippen LogP contribution in [0.2, 0.25) is 0 Å². The molecule has 0 amide bonds. The van der Waals surface area contributed by atoms with Gasteiger partial charge in [0.05, 0.1) is 18.2 Å². The van der Waals surface area contributed by atoms with Gasteiger partial charge in [0.2, 0.25) is 0 Å². The van der Waals surface area contributed by atoms with Gasteiger partial charge in [-0.1, -0.05) is 36.4 Å². The molecule has 0 fully saturated rings. The molecule has 0 unspecified atom stereocenters. The SMILES string of the molecule is C=CCSCC1=CC(C)(C)Nc2ccc(-c3cccc(OC)c3)cc21.CC1=CC(C)(C)Nc2ccc(OS(=O)(=O)C(F)(F)F)cc21. The number of thioether (sulfide) groups is 1. The monoisotopic (exact) mass is 672 g/mol. The maximum Gasteiger partial charge on any atom is 0.534 e. The van der Waals surface area contributed by atoms with E-state index in [9.17, 15) is 21.6 Å². The van der Waals surface area contributed by atoms with E-state index in [0.29, 0.717) is 11.3 Å². The number of allylic oxidation sites excluding steroid dienone is 1. The molecule has 0 spiro atoms. The first kappa shape index (κ1) is 35.0. The molecule has 0 bridgehead atoms. The Balaban J connectivity index is 0.000000212. The van der Waals surface area contributed by atoms with E-state index in [1.807, 2.05) is 49.9 Å². The van der Waals surface area contributed by atoms with Crippen molar-refractivity contribution in [2.24, 2.45) is 0 Å². The largest absolute Gasteiger partial charge is 0.534 e. The van der Waals surface area contributed by atoms with Crippen molar-refractivity contribution in [2.45, 2.75) is 51.2 Å². The molecule has 5 rings (SSSR count). The Labute approximate surface area is 273 Å². The molecule has 0 saturated heterocycles. The Morgan fingerprint density at radius 1 is 0.870 bits per heavy atom. The first-order valence-electron chi connectivity index (χ1n) is 14.5. The fourth-order valence-electron chi connectivity index (χ4n) is 5.36. The molecule has 3 aromatic carbocycles. The van der Waals surface area contributed by atoms with Crippen molar-refractivity contribution in [3.63, 3.8) is 0 Å². The van der Waals surface area contributed by atoms with Gasteiger partial charge in [0.1, 0.15) is 11.5 Å². The highest BCUT2D eigenvalue weighted by Crippen LogP contribution is 2.39. The Bertz CT molecular complexity index is 1780. The highest BCUT2D eigenvalue weighted by Gasteiger charge is 2.48. The predicted molar refractivity (Wildman–Crippen MR) is 185 cm³/mol. The van der Waals surface area contributed by atoms with Crippen molar-refractivity contribution in [2.75, 3.05) is 29.2 Å². The molecule has 2 heterocycles. The van der Waals surface area contributed by atoms with Crippen LogP contribution in [0.5, 0.6) is 11.5 Å². The predicted octanol–water partition coefficient (Wildman–Crippen LogP) is 9.39. The lowest BCUT2D eigenvalue weighted by Crippen LogP contribution is -2.32. The maximum atomic E-state index is 12.3. The normalized spacial score (nSPS) is 16.1. The maximum absolute atomic E-state index is 12.3. The Kier molecular flexibility index (Phi) is 10.3. The molecule has 0 aromatic heterocycles. The molecule has 0 aliphatic carbocycles. The quantitative estimate of drug-likeness (QED) is 0.107. The van der Waals surface area contributed by atoms with Gasteiger partial charge >= 0.3 is 15.6 Å². The Hall–Kier alpha value is -3.83. The lowest BCUT2D eigenvalue weighted by Gasteiger charge is -2.32. The van der Waals surface area contributed by atoms with Crippen LogP contribution >= 0.6 is 11.8 Å². The van der Waals surface area contributed by atoms with Crippen LogP contribution in [0.25, 0.3) is 22.3 Å². The summed E-state index contributed by atoms with van der Waals surface area (Å²) >= 11 is 1.90. The van der Waals surface area contributed by atoms with Crippen LogP contribution in [-0.2, 0) is 10.1 Å². The molecule has 0 atom stereocenters. The van der Waals surface area contributed by atoms with Gasteiger partial charge in [0.25, 0.3) is 0 Å². The standard InChI is InChI=1S/C22H25NOS.C13H14F3NO3S/c1-5-11-25-15-18-14-22(2,3)23-21-10-9-17(13-20(18)21)16-7-6-8-19(12-16)24-4;1-8-7-12(2,3)17-11-5-4-9(6-10(8)11)20-21(18,19)13(14,15)16/h5-10,12-14,23H,1,11,15H2,2-4H3;4-7,17H,1-3H3. The second kappa shape index (κ2) is 13.5. The average Bonchev–Trinajstić information content (AvgIpc) is 2.96. The van der Waals surface area contributed by atoms with E-state index >= 15 is 0 Å². The second-order valence-electron chi connectivity index (χ2n) is 12.2. The van der Waals surface area contributed by atoms with Crippen molar-refractivity contribution < 1.29 is 30.5 Å². The number of benzene rings is 3. The number of nitrogens with one attached hydrogen (secondary N) is 2. The van der Waals surface area contributed by atoms with Crippen molar-refractivity contribution >= 4 is 44.4 Å². The van der Waals surface area contributed by atoms with E-state index in [2.05, 4.69) is 71.7 Å². The van der Waals surface area contributed by atoms with Gasteiger partial charge in [-0.15, -0.1) is 6.58 Å². The molecule has 246 valence electrons. The van der Waals surface area contributed by atoms with Crippen molar-refractivity contribution in [1.29, 1.82) is 0 Å². The number of alkyl halides is 3. The van der Waals surface area contributed by atoms with Crippen LogP contribution in [-0.4, -0.2) is 43.6 Å². The van der Waals surface area contributed by atoms with Gasteiger partial charge in [0, 0.05) is 34.0 Å². The zero-order valence-electron chi connectivity index (χ0n) is 26.7. The molecule has 11 heteroatoms. The summed E-state index contributed by atoms with van der Waals surface area (Å²) in [6, 6.07) is 18.8. The summed E-state index contributed by atoms with van der Waals surface area (Å²) in [7, 11) is -3.95. The van der Waals surface area contributed by atoms with E-state index in [4.69, 9.17) is 4.74 Å². The number of anilines is 2. The molecule has 2 N–H and O–H groups in total. The first-order valence-corrected chi connectivity index (χ1v) is 17.1. The molecule has 46 heavy (non-hydrogen) atoms. The third-order valence-corrected chi connectivity index (χ3v) is 9.16. The minimum Gasteiger partial charge on any atom is -0.497 e. The third-order valence-electron chi connectivity index (χ3n) is 7.19. The van der Waals surface area contributed by atoms with Gasteiger partial charge in [0.15, 0.2) is 0 Å². The fourth-order valence-corrected chi connectivity index (χ4v) is 6.55. The van der Waals surface area contributed by atoms with Crippen LogP contribution in [0.4, 0.5) is 24.5 Å². The van der Waals surface area contributed by atoms with Crippen LogP contribution in [0.15, 0.2) is 85.5 Å². The minimum absolute atomic E-state index is 0.0332. The van der Waals surface area contributed by atoms with Gasteiger partial charge < -0.3 is 19.6 Å². The van der Waals surface area contributed by atoms with Crippen LogP contribution in [0, 0.1) is 0 Å². The van der Waals surface area contributed by atoms with Gasteiger partial charge in [-0.05, 0) is 99.4 Å². The van der Waals surface area contributed by atoms with E-state index in [1.165, 1.54) is 46.1 Å². The van der Waals surface area contributed by atoms with Crippen LogP contribution in [0.1, 0.15) is 45.7 Å². The number of ether oxygens (including phenoxy) is 1. The zero-order valence-corrected chi connectivity index (χ0v) is 28.3. The first-order chi connectivity index (χ1) is 21.4. The molecule has 2 aliphatic heterocycles. The van der Waals surface area contributed by atoms with Gasteiger partial charge in [-0.25, -0.2) is 0 Å². The highest BCUT2D eigenvalue weighted by atomic mass is 32.2. The molecule has 0 saturated carbocycles. The van der Waals surface area contributed by atoms with Crippen molar-refractivity contribution in [3.8, 4) is 22.6 Å². The van der Waals surface area contributed by atoms with E-state index in [1.54, 1.807) is 14.0 Å². The number of halogens is 3. The molecular weight excluding hydrogens is 634 g/mol. The second-order valence-corrected chi connectivity index (χ2v) is 14.7. The average molecular weight is 673 g/mol. The van der Waals surface area contributed by atoms with E-state index in [0.717, 1.165) is 22.8 Å². The third kappa shape index (κ3) is 8.50. The summed E-state index contributed by atoms with van der Waals surface area (Å²) in [6.07, 6.45) is 6.21. The number of hydrogen-bond donors (Lipinski definition) is 2. The number of fused-ring (bicyclic) bond motifs is 2. The molecular formula is C35H39F3N2O4S2. The van der Waals surface area contributed by atoms with E-state index < -0.39 is 15.6 Å². The molecule has 3 aromatic rings. The number of hydrogen-bond acceptors (Lipinski definition) is 7. The summed E-state index contributed by atoms with van der Waals surface area (Å²) in [5.41, 5.74) is 2.61. The smallest absolute Gasteiger partial charge is 0.497 e. The molecule has 2 aliphatic rings.